The third-order valence-electron chi connectivity index (χ3n) is 2.68. The molecule has 5 N–H and O–H groups in total. The number of nitrogens with two attached hydrogens (primary N) is 2. The van der Waals surface area contributed by atoms with Gasteiger partial charge in [0.2, 0.25) is 0 Å². The van der Waals surface area contributed by atoms with Gasteiger partial charge in [0, 0.05) is 5.22 Å². The number of rotatable bonds is 1. The Morgan fingerprint density at radius 1 is 1.18 bits per heavy atom. The average Bonchev–Trinajstić information content (AvgIpc) is 2.79. The molecule has 0 radical (unpaired) electrons. The van der Waals surface area contributed by atoms with E-state index in [1.807, 2.05) is 18.2 Å². The Morgan fingerprint density at radius 2 is 1.94 bits per heavy atom. The van der Waals surface area contributed by atoms with Crippen LogP contribution < -0.4 is 22.0 Å². The molecular formula is C11H9N5O. The second-order valence-corrected chi connectivity index (χ2v) is 3.71. The van der Waals surface area contributed by atoms with Crippen LogP contribution >= 0.6 is 0 Å². The molecule has 0 atom stereocenters. The van der Waals surface area contributed by atoms with Crippen LogP contribution in [0.25, 0.3) is 5.57 Å². The van der Waals surface area contributed by atoms with E-state index in [2.05, 4.69) is 15.2 Å². The molecule has 2 aromatic rings. The molecular weight excluding hydrogens is 218 g/mol. The van der Waals surface area contributed by atoms with E-state index in [1.54, 1.807) is 6.07 Å². The Bertz CT molecular complexity index is 724. The van der Waals surface area contributed by atoms with Gasteiger partial charge in [0.1, 0.15) is 5.82 Å². The molecule has 84 valence electrons. The third kappa shape index (κ3) is 1.24. The summed E-state index contributed by atoms with van der Waals surface area (Å²) < 4.78 is 0. The molecule has 2 heterocycles. The number of hydrogen-bond acceptors (Lipinski definition) is 4. The van der Waals surface area contributed by atoms with Gasteiger partial charge in [-0.15, -0.1) is 0 Å². The van der Waals surface area contributed by atoms with E-state index in [-0.39, 0.29) is 17.5 Å². The number of fused-ring (bicyclic) bond motifs is 1. The zero-order valence-corrected chi connectivity index (χ0v) is 8.77. The van der Waals surface area contributed by atoms with E-state index >= 15 is 0 Å². The molecule has 6 heteroatoms. The Labute approximate surface area is 95.7 Å². The van der Waals surface area contributed by atoms with E-state index in [9.17, 15) is 4.79 Å². The third-order valence-corrected chi connectivity index (χ3v) is 2.68. The fraction of sp³-hybridized carbons (Fsp3) is 0. The molecule has 0 spiro atoms. The quantitative estimate of drug-likeness (QED) is 0.576. The second-order valence-electron chi connectivity index (χ2n) is 3.71. The van der Waals surface area contributed by atoms with Crippen LogP contribution in [0.1, 0.15) is 5.56 Å². The van der Waals surface area contributed by atoms with Crippen LogP contribution in [0.15, 0.2) is 29.3 Å². The first-order valence-corrected chi connectivity index (χ1v) is 5.00. The highest BCUT2D eigenvalue weighted by molar-refractivity contribution is 6.23. The standard InChI is InChI=1S/C11H9N5O/c12-9-8(10(13)16-15-9)7-5-3-1-2-4-6(5)14-11(7)17/h1-4H,(H5,12,13,15,16). The number of nitrogens with zero attached hydrogens (tertiary/aromatic N) is 2. The number of carbonyl (C=O) groups excluding carboxylic acids is 1. The zero-order chi connectivity index (χ0) is 12.0. The number of aromatic amines is 1. The van der Waals surface area contributed by atoms with Crippen molar-refractivity contribution in [1.29, 1.82) is 0 Å². The van der Waals surface area contributed by atoms with Gasteiger partial charge in [0.15, 0.2) is 5.82 Å². The smallest absolute Gasteiger partial charge is 0.279 e. The number of aromatic nitrogens is 2. The first-order chi connectivity index (χ1) is 8.18. The highest BCUT2D eigenvalue weighted by atomic mass is 16.1. The number of carbonyl (C=O) groups is 1. The van der Waals surface area contributed by atoms with Gasteiger partial charge in [-0.25, -0.2) is 4.99 Å². The Kier molecular flexibility index (Phi) is 1.79. The van der Waals surface area contributed by atoms with Crippen molar-refractivity contribution in [2.75, 3.05) is 11.5 Å². The molecule has 17 heavy (non-hydrogen) atoms. The molecule has 1 aromatic heterocycles. The minimum Gasteiger partial charge on any atom is -0.383 e. The molecule has 0 saturated carbocycles. The maximum absolute atomic E-state index is 11.9. The predicted octanol–water partition coefficient (Wildman–Crippen LogP) is -1.07. The van der Waals surface area contributed by atoms with Gasteiger partial charge in [-0.2, -0.15) is 5.10 Å². The van der Waals surface area contributed by atoms with Crippen molar-refractivity contribution < 1.29 is 4.79 Å². The van der Waals surface area contributed by atoms with Crippen LogP contribution in [0.5, 0.6) is 0 Å². The molecule has 0 bridgehead atoms. The van der Waals surface area contributed by atoms with Crippen LogP contribution in [0.3, 0.4) is 0 Å². The van der Waals surface area contributed by atoms with E-state index in [4.69, 9.17) is 11.5 Å². The normalized spacial score (nSPS) is 13.6. The second kappa shape index (κ2) is 3.18. The van der Waals surface area contributed by atoms with Crippen molar-refractivity contribution in [2.45, 2.75) is 0 Å². The number of para-hydroxylation sites is 1. The zero-order valence-electron chi connectivity index (χ0n) is 8.77. The molecule has 1 aliphatic rings. The topological polar surface area (TPSA) is 110 Å². The van der Waals surface area contributed by atoms with Crippen LogP contribution in [-0.2, 0) is 4.79 Å². The fourth-order valence-electron chi connectivity index (χ4n) is 1.94. The molecule has 1 amide bonds. The number of nitrogen functional groups attached to an aromatic ring is 2. The van der Waals surface area contributed by atoms with Crippen LogP contribution in [0.4, 0.5) is 11.6 Å². The summed E-state index contributed by atoms with van der Waals surface area (Å²) in [5, 5.41) is 7.70. The summed E-state index contributed by atoms with van der Waals surface area (Å²) in [6.07, 6.45) is 0. The number of anilines is 2. The van der Waals surface area contributed by atoms with E-state index in [1.165, 1.54) is 0 Å². The molecule has 0 aliphatic carbocycles. The summed E-state index contributed by atoms with van der Waals surface area (Å²) in [6.45, 7) is 0. The van der Waals surface area contributed by atoms with Crippen molar-refractivity contribution >= 4 is 23.1 Å². The van der Waals surface area contributed by atoms with Gasteiger partial charge in [-0.1, -0.05) is 18.2 Å². The predicted molar refractivity (Wildman–Crippen MR) is 62.2 cm³/mol. The lowest BCUT2D eigenvalue weighted by Crippen LogP contribution is -2.22. The van der Waals surface area contributed by atoms with Crippen molar-refractivity contribution in [2.24, 2.45) is 4.99 Å². The van der Waals surface area contributed by atoms with Gasteiger partial charge >= 0.3 is 0 Å². The van der Waals surface area contributed by atoms with Crippen molar-refractivity contribution in [1.82, 2.24) is 10.2 Å². The molecule has 0 fully saturated rings. The minimum absolute atomic E-state index is 0.206. The van der Waals surface area contributed by atoms with E-state index < -0.39 is 0 Å². The number of amides is 1. The highest BCUT2D eigenvalue weighted by Gasteiger charge is 2.23. The molecule has 6 nitrogen and oxygen atoms in total. The Morgan fingerprint density at radius 3 is 2.65 bits per heavy atom. The molecule has 0 unspecified atom stereocenters. The first kappa shape index (κ1) is 9.59. The van der Waals surface area contributed by atoms with Gasteiger partial charge in [0.05, 0.1) is 16.5 Å². The fourth-order valence-corrected chi connectivity index (χ4v) is 1.94. The number of benzene rings is 1. The van der Waals surface area contributed by atoms with Crippen molar-refractivity contribution in [3.05, 3.63) is 40.4 Å². The van der Waals surface area contributed by atoms with E-state index in [0.29, 0.717) is 16.5 Å². The lowest BCUT2D eigenvalue weighted by Gasteiger charge is -1.99. The molecule has 1 aliphatic heterocycles. The molecule has 1 aromatic carbocycles. The van der Waals surface area contributed by atoms with Crippen LogP contribution in [0, 0.1) is 0 Å². The SMILES string of the molecule is Nc1n[nH]c(N)c1C1=c2ccccc2=NC1=O. The average molecular weight is 227 g/mol. The summed E-state index contributed by atoms with van der Waals surface area (Å²) in [7, 11) is 0. The lowest BCUT2D eigenvalue weighted by molar-refractivity contribution is -0.112. The summed E-state index contributed by atoms with van der Waals surface area (Å²) in [4.78, 5) is 15.8. The summed E-state index contributed by atoms with van der Waals surface area (Å²) in [5.74, 6) is 0.140. The highest BCUT2D eigenvalue weighted by Crippen LogP contribution is 2.24. The van der Waals surface area contributed by atoms with Gasteiger partial charge in [-0.05, 0) is 6.07 Å². The monoisotopic (exact) mass is 227 g/mol. The van der Waals surface area contributed by atoms with Gasteiger partial charge in [0.25, 0.3) is 5.91 Å². The largest absolute Gasteiger partial charge is 0.383 e. The Balaban J connectivity index is 2.45. The number of hydrogen-bond donors (Lipinski definition) is 3. The summed E-state index contributed by atoms with van der Waals surface area (Å²) in [6, 6.07) is 7.23. The van der Waals surface area contributed by atoms with E-state index in [0.717, 1.165) is 5.22 Å². The molecule has 3 rings (SSSR count). The Hall–Kier alpha value is -2.63. The maximum atomic E-state index is 11.9. The first-order valence-electron chi connectivity index (χ1n) is 5.00. The van der Waals surface area contributed by atoms with Crippen molar-refractivity contribution in [3.8, 4) is 0 Å². The minimum atomic E-state index is -0.342. The van der Waals surface area contributed by atoms with Crippen LogP contribution in [0.2, 0.25) is 0 Å². The maximum Gasteiger partial charge on any atom is 0.279 e. The van der Waals surface area contributed by atoms with Gasteiger partial charge in [-0.3, -0.25) is 9.89 Å². The summed E-state index contributed by atoms with van der Waals surface area (Å²) >= 11 is 0. The summed E-state index contributed by atoms with van der Waals surface area (Å²) in [5.41, 5.74) is 12.3. The number of nitrogens with one attached hydrogen (secondary N) is 1. The number of H-pyrrole nitrogens is 1. The van der Waals surface area contributed by atoms with Crippen molar-refractivity contribution in [3.63, 3.8) is 0 Å². The van der Waals surface area contributed by atoms with Gasteiger partial charge < -0.3 is 11.5 Å². The lowest BCUT2D eigenvalue weighted by atomic mass is 10.1. The molecule has 0 saturated heterocycles. The van der Waals surface area contributed by atoms with Crippen LogP contribution in [-0.4, -0.2) is 16.1 Å².